The molecule has 2 N–H and O–H groups in total. The molecule has 144 valence electrons. The maximum Gasteiger partial charge on any atom is 0.273 e. The van der Waals surface area contributed by atoms with Crippen LogP contribution < -0.4 is 29.8 Å². The van der Waals surface area contributed by atoms with E-state index in [1.165, 1.54) is 33.5 Å². The van der Waals surface area contributed by atoms with E-state index in [-0.39, 0.29) is 5.56 Å². The molecule has 0 heterocycles. The summed E-state index contributed by atoms with van der Waals surface area (Å²) in [7, 11) is 4.37. The summed E-state index contributed by atoms with van der Waals surface area (Å²) in [5.41, 5.74) is 5.26. The van der Waals surface area contributed by atoms with Crippen LogP contribution in [-0.4, -0.2) is 39.8 Å². The molecule has 0 unspecified atom stereocenters. The van der Waals surface area contributed by atoms with Gasteiger partial charge >= 0.3 is 0 Å². The first-order valence-electron chi connectivity index (χ1n) is 8.18. The third kappa shape index (κ3) is 4.60. The first-order chi connectivity index (χ1) is 13.0. The minimum absolute atomic E-state index is 0.225. The molecule has 0 atom stereocenters. The second kappa shape index (κ2) is 9.33. The number of hydrogen-bond acceptors (Lipinski definition) is 6. The van der Waals surface area contributed by atoms with E-state index in [1.807, 2.05) is 6.92 Å². The zero-order valence-corrected chi connectivity index (χ0v) is 15.6. The van der Waals surface area contributed by atoms with Crippen molar-refractivity contribution in [3.05, 3.63) is 47.5 Å². The summed E-state index contributed by atoms with van der Waals surface area (Å²) >= 11 is 0. The lowest BCUT2D eigenvalue weighted by Gasteiger charge is -2.14. The minimum atomic E-state index is -0.545. The second-order valence-electron chi connectivity index (χ2n) is 5.25. The molecule has 27 heavy (non-hydrogen) atoms. The number of rotatable bonds is 7. The van der Waals surface area contributed by atoms with Crippen molar-refractivity contribution in [2.24, 2.45) is 0 Å². The van der Waals surface area contributed by atoms with Crippen molar-refractivity contribution in [2.75, 3.05) is 27.9 Å². The monoisotopic (exact) mass is 374 g/mol. The molecule has 0 aliphatic carbocycles. The Morgan fingerprint density at radius 3 is 2.00 bits per heavy atom. The summed E-state index contributed by atoms with van der Waals surface area (Å²) in [6, 6.07) is 9.72. The van der Waals surface area contributed by atoms with Crippen molar-refractivity contribution in [1.29, 1.82) is 0 Å². The summed E-state index contributed by atoms with van der Waals surface area (Å²) < 4.78 is 21.1. The average molecular weight is 374 g/mol. The first kappa shape index (κ1) is 19.9. The Balaban J connectivity index is 2.15. The maximum atomic E-state index is 12.4. The van der Waals surface area contributed by atoms with Gasteiger partial charge in [0, 0.05) is 5.56 Å². The van der Waals surface area contributed by atoms with Gasteiger partial charge in [-0.25, -0.2) is 0 Å². The van der Waals surface area contributed by atoms with E-state index in [2.05, 4.69) is 10.9 Å². The average Bonchev–Trinajstić information content (AvgIpc) is 2.71. The maximum absolute atomic E-state index is 12.4. The summed E-state index contributed by atoms with van der Waals surface area (Å²) in [6.07, 6.45) is 0. The van der Waals surface area contributed by atoms with Crippen molar-refractivity contribution >= 4 is 11.8 Å². The fraction of sp³-hybridized carbons (Fsp3) is 0.263. The molecule has 2 aromatic rings. The molecule has 2 aromatic carbocycles. The predicted octanol–water partition coefficient (Wildman–Crippen LogP) is 2.19. The van der Waals surface area contributed by atoms with E-state index in [4.69, 9.17) is 18.9 Å². The molecule has 0 radical (unpaired) electrons. The smallest absolute Gasteiger partial charge is 0.273 e. The van der Waals surface area contributed by atoms with E-state index < -0.39 is 11.8 Å². The van der Waals surface area contributed by atoms with Gasteiger partial charge in [0.2, 0.25) is 5.75 Å². The van der Waals surface area contributed by atoms with E-state index in [0.29, 0.717) is 35.2 Å². The summed E-state index contributed by atoms with van der Waals surface area (Å²) in [5.74, 6) is 0.409. The van der Waals surface area contributed by atoms with Gasteiger partial charge in [0.25, 0.3) is 11.8 Å². The Kier molecular flexibility index (Phi) is 6.87. The third-order valence-electron chi connectivity index (χ3n) is 3.65. The molecular formula is C19H22N2O6. The number of methoxy groups -OCH3 is 3. The second-order valence-corrected chi connectivity index (χ2v) is 5.25. The largest absolute Gasteiger partial charge is 0.493 e. The molecule has 8 nitrogen and oxygen atoms in total. The van der Waals surface area contributed by atoms with Gasteiger partial charge in [-0.05, 0) is 31.2 Å². The highest BCUT2D eigenvalue weighted by molar-refractivity contribution is 6.01. The molecule has 0 aromatic heterocycles. The van der Waals surface area contributed by atoms with Crippen molar-refractivity contribution in [2.45, 2.75) is 6.92 Å². The fourth-order valence-corrected chi connectivity index (χ4v) is 2.40. The Morgan fingerprint density at radius 2 is 1.44 bits per heavy atom. The highest BCUT2D eigenvalue weighted by Gasteiger charge is 2.18. The van der Waals surface area contributed by atoms with E-state index in [1.54, 1.807) is 24.3 Å². The molecule has 0 aliphatic heterocycles. The minimum Gasteiger partial charge on any atom is -0.493 e. The fourth-order valence-electron chi connectivity index (χ4n) is 2.40. The van der Waals surface area contributed by atoms with Gasteiger partial charge in [-0.1, -0.05) is 12.1 Å². The van der Waals surface area contributed by atoms with Gasteiger partial charge < -0.3 is 18.9 Å². The van der Waals surface area contributed by atoms with Gasteiger partial charge in [0.15, 0.2) is 11.5 Å². The Hall–Kier alpha value is -3.42. The van der Waals surface area contributed by atoms with Crippen LogP contribution in [0.1, 0.15) is 27.6 Å². The van der Waals surface area contributed by atoms with Crippen LogP contribution >= 0.6 is 0 Å². The molecule has 2 amide bonds. The van der Waals surface area contributed by atoms with Crippen LogP contribution in [0.3, 0.4) is 0 Å². The van der Waals surface area contributed by atoms with Crippen molar-refractivity contribution in [3.8, 4) is 23.0 Å². The number of carbonyl (C=O) groups is 2. The lowest BCUT2D eigenvalue weighted by molar-refractivity contribution is 0.0844. The Morgan fingerprint density at radius 1 is 0.852 bits per heavy atom. The third-order valence-corrected chi connectivity index (χ3v) is 3.65. The number of carbonyl (C=O) groups excluding carboxylic acids is 2. The molecule has 0 fully saturated rings. The Bertz CT molecular complexity index is 797. The number of amides is 2. The van der Waals surface area contributed by atoms with Gasteiger partial charge in [-0.15, -0.1) is 0 Å². The van der Waals surface area contributed by atoms with Crippen molar-refractivity contribution in [1.82, 2.24) is 10.9 Å². The summed E-state index contributed by atoms with van der Waals surface area (Å²) in [6.45, 7) is 2.24. The van der Waals surface area contributed by atoms with E-state index >= 15 is 0 Å². The van der Waals surface area contributed by atoms with Gasteiger partial charge in [-0.3, -0.25) is 20.4 Å². The van der Waals surface area contributed by atoms with Gasteiger partial charge in [0.05, 0.1) is 33.5 Å². The highest BCUT2D eigenvalue weighted by Crippen LogP contribution is 2.38. The molecule has 0 saturated carbocycles. The number of para-hydroxylation sites is 1. The molecule has 2 rings (SSSR count). The topological polar surface area (TPSA) is 95.1 Å². The van der Waals surface area contributed by atoms with Gasteiger partial charge in [-0.2, -0.15) is 0 Å². The number of ether oxygens (including phenoxy) is 4. The van der Waals surface area contributed by atoms with Crippen molar-refractivity contribution < 1.29 is 28.5 Å². The molecule has 0 saturated heterocycles. The van der Waals surface area contributed by atoms with Crippen LogP contribution in [0.2, 0.25) is 0 Å². The summed E-state index contributed by atoms with van der Waals surface area (Å²) in [4.78, 5) is 24.8. The van der Waals surface area contributed by atoms with Crippen molar-refractivity contribution in [3.63, 3.8) is 0 Å². The SMILES string of the molecule is CCOc1ccccc1C(=O)NNC(=O)c1cc(OC)c(OC)c(OC)c1. The number of benzene rings is 2. The zero-order valence-electron chi connectivity index (χ0n) is 15.6. The predicted molar refractivity (Wildman–Crippen MR) is 98.6 cm³/mol. The quantitative estimate of drug-likeness (QED) is 0.722. The molecule has 0 aliphatic rings. The normalized spacial score (nSPS) is 9.93. The van der Waals surface area contributed by atoms with Crippen LogP contribution in [0.25, 0.3) is 0 Å². The molecule has 8 heteroatoms. The summed E-state index contributed by atoms with van der Waals surface area (Å²) in [5, 5.41) is 0. The van der Waals surface area contributed by atoms with Crippen LogP contribution in [0.5, 0.6) is 23.0 Å². The lowest BCUT2D eigenvalue weighted by atomic mass is 10.1. The Labute approximate surface area is 157 Å². The van der Waals surface area contributed by atoms with Crippen LogP contribution in [0.15, 0.2) is 36.4 Å². The van der Waals surface area contributed by atoms with Crippen LogP contribution in [0, 0.1) is 0 Å². The highest BCUT2D eigenvalue weighted by atomic mass is 16.5. The first-order valence-corrected chi connectivity index (χ1v) is 8.18. The van der Waals surface area contributed by atoms with Crippen LogP contribution in [0.4, 0.5) is 0 Å². The number of hydrazine groups is 1. The van der Waals surface area contributed by atoms with Crippen LogP contribution in [-0.2, 0) is 0 Å². The molecular weight excluding hydrogens is 352 g/mol. The lowest BCUT2D eigenvalue weighted by Crippen LogP contribution is -2.41. The zero-order chi connectivity index (χ0) is 19.8. The number of nitrogens with one attached hydrogen (secondary N) is 2. The van der Waals surface area contributed by atoms with E-state index in [0.717, 1.165) is 0 Å². The molecule has 0 spiro atoms. The van der Waals surface area contributed by atoms with E-state index in [9.17, 15) is 9.59 Å². The molecule has 0 bridgehead atoms. The van der Waals surface area contributed by atoms with Gasteiger partial charge in [0.1, 0.15) is 5.75 Å². The number of hydrogen-bond donors (Lipinski definition) is 2. The standard InChI is InChI=1S/C19H22N2O6/c1-5-27-14-9-7-6-8-13(14)19(23)21-20-18(22)12-10-15(24-2)17(26-4)16(11-12)25-3/h6-11H,5H2,1-4H3,(H,20,22)(H,21,23).